The molecule has 1 rings (SSSR count). The van der Waals surface area contributed by atoms with E-state index in [0.717, 1.165) is 23.3 Å². The number of carboxylic acid groups (broad SMARTS) is 1. The first-order valence-electron chi connectivity index (χ1n) is 6.04. The molecule has 1 atom stereocenters. The second-order valence-electron chi connectivity index (χ2n) is 4.90. The van der Waals surface area contributed by atoms with Crippen LogP contribution < -0.4 is 10.5 Å². The van der Waals surface area contributed by atoms with Crippen molar-refractivity contribution in [3.8, 4) is 5.75 Å². The fraction of sp³-hybridized carbons (Fsp3) is 0.500. The van der Waals surface area contributed by atoms with Crippen molar-refractivity contribution in [1.82, 2.24) is 0 Å². The molecule has 1 unspecified atom stereocenters. The van der Waals surface area contributed by atoms with Gasteiger partial charge in [0.15, 0.2) is 0 Å². The van der Waals surface area contributed by atoms with Crippen LogP contribution in [0.1, 0.15) is 31.4 Å². The van der Waals surface area contributed by atoms with Gasteiger partial charge in [-0.05, 0) is 37.0 Å². The summed E-state index contributed by atoms with van der Waals surface area (Å²) in [7, 11) is 1.64. The van der Waals surface area contributed by atoms with Crippen molar-refractivity contribution < 1.29 is 14.6 Å². The minimum atomic E-state index is -0.871. The van der Waals surface area contributed by atoms with Gasteiger partial charge in [-0.25, -0.2) is 0 Å². The highest BCUT2D eigenvalue weighted by Crippen LogP contribution is 2.23. The zero-order valence-corrected chi connectivity index (χ0v) is 11.2. The average Bonchev–Trinajstić information content (AvgIpc) is 2.26. The molecule has 0 amide bonds. The normalized spacial score (nSPS) is 14.0. The monoisotopic (exact) mass is 251 g/mol. The van der Waals surface area contributed by atoms with E-state index in [2.05, 4.69) is 6.92 Å². The maximum absolute atomic E-state index is 10.7. The fourth-order valence-corrected chi connectivity index (χ4v) is 2.09. The van der Waals surface area contributed by atoms with Crippen molar-refractivity contribution in [2.24, 2.45) is 5.73 Å². The molecule has 0 spiro atoms. The molecule has 3 N–H and O–H groups in total. The molecule has 100 valence electrons. The van der Waals surface area contributed by atoms with E-state index >= 15 is 0 Å². The molecule has 1 aromatic carbocycles. The average molecular weight is 251 g/mol. The molecule has 0 saturated heterocycles. The Morgan fingerprint density at radius 2 is 2.17 bits per heavy atom. The first kappa shape index (κ1) is 14.5. The molecule has 0 heterocycles. The van der Waals surface area contributed by atoms with Crippen molar-refractivity contribution in [3.63, 3.8) is 0 Å². The van der Waals surface area contributed by atoms with Crippen molar-refractivity contribution >= 4 is 5.97 Å². The number of nitrogens with two attached hydrogens (primary N) is 1. The van der Waals surface area contributed by atoms with Crippen LogP contribution in [0.3, 0.4) is 0 Å². The highest BCUT2D eigenvalue weighted by atomic mass is 16.5. The van der Waals surface area contributed by atoms with Gasteiger partial charge in [-0.1, -0.05) is 19.1 Å². The van der Waals surface area contributed by atoms with Crippen LogP contribution in [0.2, 0.25) is 0 Å². The zero-order chi connectivity index (χ0) is 13.8. The number of carbonyl (C=O) groups is 1. The molecule has 4 nitrogen and oxygen atoms in total. The molecule has 0 aromatic heterocycles. The van der Waals surface area contributed by atoms with Crippen LogP contribution in [0.5, 0.6) is 5.75 Å². The quantitative estimate of drug-likeness (QED) is 0.811. The summed E-state index contributed by atoms with van der Waals surface area (Å²) in [5, 5.41) is 8.81. The Bertz CT molecular complexity index is 427. The number of hydrogen-bond acceptors (Lipinski definition) is 3. The summed E-state index contributed by atoms with van der Waals surface area (Å²) < 4.78 is 5.26. The van der Waals surface area contributed by atoms with Gasteiger partial charge in [-0.2, -0.15) is 0 Å². The molecule has 1 aromatic rings. The molecule has 0 saturated carbocycles. The number of aryl methyl sites for hydroxylation is 1. The number of aliphatic carboxylic acids is 1. The Morgan fingerprint density at radius 3 is 2.67 bits per heavy atom. The Hall–Kier alpha value is -1.55. The summed E-state index contributed by atoms with van der Waals surface area (Å²) in [6, 6.07) is 5.88. The molecule has 0 aliphatic rings. The van der Waals surface area contributed by atoms with Crippen molar-refractivity contribution in [1.29, 1.82) is 0 Å². The summed E-state index contributed by atoms with van der Waals surface area (Å²) in [5.74, 6) is -0.0116. The Morgan fingerprint density at radius 1 is 1.50 bits per heavy atom. The number of hydrogen-bond donors (Lipinski definition) is 2. The highest BCUT2D eigenvalue weighted by molar-refractivity contribution is 5.68. The minimum absolute atomic E-state index is 0.0412. The summed E-state index contributed by atoms with van der Waals surface area (Å²) in [5.41, 5.74) is 7.42. The number of rotatable bonds is 6. The molecule has 0 aliphatic carbocycles. The van der Waals surface area contributed by atoms with Gasteiger partial charge < -0.3 is 15.6 Å². The van der Waals surface area contributed by atoms with Crippen molar-refractivity contribution in [2.45, 2.75) is 38.6 Å². The standard InChI is InChI=1S/C14H21NO3/c1-4-11-7-10(5-6-12(11)18-3)8-14(2,15)9-13(16)17/h5-7H,4,8-9,15H2,1-3H3,(H,16,17). The zero-order valence-electron chi connectivity index (χ0n) is 11.2. The van der Waals surface area contributed by atoms with Crippen LogP contribution in [0.15, 0.2) is 18.2 Å². The van der Waals surface area contributed by atoms with E-state index in [-0.39, 0.29) is 6.42 Å². The molecule has 0 fully saturated rings. The second-order valence-corrected chi connectivity index (χ2v) is 4.90. The van der Waals surface area contributed by atoms with E-state index in [0.29, 0.717) is 6.42 Å². The maximum Gasteiger partial charge on any atom is 0.305 e. The van der Waals surface area contributed by atoms with Crippen LogP contribution in [-0.4, -0.2) is 23.7 Å². The number of ether oxygens (including phenoxy) is 1. The summed E-state index contributed by atoms with van der Waals surface area (Å²) in [4.78, 5) is 10.7. The summed E-state index contributed by atoms with van der Waals surface area (Å²) >= 11 is 0. The first-order chi connectivity index (χ1) is 8.38. The lowest BCUT2D eigenvalue weighted by Crippen LogP contribution is -2.40. The Balaban J connectivity index is 2.88. The van der Waals surface area contributed by atoms with Crippen LogP contribution in [0.4, 0.5) is 0 Å². The van der Waals surface area contributed by atoms with E-state index in [1.54, 1.807) is 14.0 Å². The minimum Gasteiger partial charge on any atom is -0.496 e. The Labute approximate surface area is 108 Å². The lowest BCUT2D eigenvalue weighted by atomic mass is 9.90. The lowest BCUT2D eigenvalue weighted by molar-refractivity contribution is -0.138. The molecule has 4 heteroatoms. The summed E-state index contributed by atoms with van der Waals surface area (Å²) in [6.45, 7) is 3.82. The van der Waals surface area contributed by atoms with Gasteiger partial charge in [0.2, 0.25) is 0 Å². The second kappa shape index (κ2) is 5.87. The van der Waals surface area contributed by atoms with Crippen LogP contribution in [-0.2, 0) is 17.6 Å². The topological polar surface area (TPSA) is 72.6 Å². The van der Waals surface area contributed by atoms with Gasteiger partial charge in [0, 0.05) is 5.54 Å². The van der Waals surface area contributed by atoms with E-state index in [9.17, 15) is 4.79 Å². The molecule has 0 aliphatic heterocycles. The van der Waals surface area contributed by atoms with E-state index in [4.69, 9.17) is 15.6 Å². The van der Waals surface area contributed by atoms with Gasteiger partial charge in [-0.3, -0.25) is 4.79 Å². The van der Waals surface area contributed by atoms with E-state index < -0.39 is 11.5 Å². The van der Waals surface area contributed by atoms with Crippen LogP contribution in [0, 0.1) is 0 Å². The van der Waals surface area contributed by atoms with Crippen molar-refractivity contribution in [2.75, 3.05) is 7.11 Å². The smallest absolute Gasteiger partial charge is 0.305 e. The van der Waals surface area contributed by atoms with Gasteiger partial charge in [0.05, 0.1) is 13.5 Å². The number of carboxylic acids is 1. The molecule has 0 bridgehead atoms. The number of methoxy groups -OCH3 is 1. The Kier molecular flexibility index (Phi) is 4.73. The molecule has 18 heavy (non-hydrogen) atoms. The van der Waals surface area contributed by atoms with Crippen molar-refractivity contribution in [3.05, 3.63) is 29.3 Å². The third-order valence-electron chi connectivity index (χ3n) is 2.89. The van der Waals surface area contributed by atoms with Crippen LogP contribution in [0.25, 0.3) is 0 Å². The maximum atomic E-state index is 10.7. The SMILES string of the molecule is CCc1cc(CC(C)(N)CC(=O)O)ccc1OC. The van der Waals surface area contributed by atoms with Gasteiger partial charge in [0.1, 0.15) is 5.75 Å². The largest absolute Gasteiger partial charge is 0.496 e. The first-order valence-corrected chi connectivity index (χ1v) is 6.04. The molecular formula is C14H21NO3. The van der Waals surface area contributed by atoms with E-state index in [1.807, 2.05) is 18.2 Å². The fourth-order valence-electron chi connectivity index (χ4n) is 2.09. The summed E-state index contributed by atoms with van der Waals surface area (Å²) in [6.07, 6.45) is 1.37. The van der Waals surface area contributed by atoms with Gasteiger partial charge in [-0.15, -0.1) is 0 Å². The van der Waals surface area contributed by atoms with E-state index in [1.165, 1.54) is 0 Å². The predicted molar refractivity (Wildman–Crippen MR) is 70.9 cm³/mol. The predicted octanol–water partition coefficient (Wildman–Crippen LogP) is 1.99. The van der Waals surface area contributed by atoms with Gasteiger partial charge >= 0.3 is 5.97 Å². The lowest BCUT2D eigenvalue weighted by Gasteiger charge is -2.23. The third-order valence-corrected chi connectivity index (χ3v) is 2.89. The van der Waals surface area contributed by atoms with Crippen LogP contribution >= 0.6 is 0 Å². The van der Waals surface area contributed by atoms with Gasteiger partial charge in [0.25, 0.3) is 0 Å². The highest BCUT2D eigenvalue weighted by Gasteiger charge is 2.23. The molecule has 0 radical (unpaired) electrons. The third kappa shape index (κ3) is 4.04. The molecular weight excluding hydrogens is 230 g/mol. The number of benzene rings is 1.